The fourth-order valence-electron chi connectivity index (χ4n) is 7.20. The Morgan fingerprint density at radius 2 is 0.591 bits per heavy atom. The van der Waals surface area contributed by atoms with Crippen LogP contribution in [0, 0.1) is 0 Å². The summed E-state index contributed by atoms with van der Waals surface area (Å²) in [5, 5.41) is 0. The average Bonchev–Trinajstić information content (AvgIpc) is 3.31. The first-order valence-electron chi connectivity index (χ1n) is 27.2. The van der Waals surface area contributed by atoms with E-state index in [4.69, 9.17) is 14.2 Å². The molecule has 0 bridgehead atoms. The van der Waals surface area contributed by atoms with Crippen molar-refractivity contribution in [2.45, 2.75) is 252 Å². The minimum absolute atomic E-state index is 0.0997. The third-order valence-corrected chi connectivity index (χ3v) is 11.3. The first-order valence-corrected chi connectivity index (χ1v) is 27.2. The molecule has 0 fully saturated rings. The molecule has 0 aliphatic carbocycles. The molecule has 0 aromatic heterocycles. The predicted molar refractivity (Wildman–Crippen MR) is 284 cm³/mol. The van der Waals surface area contributed by atoms with Crippen LogP contribution in [0.2, 0.25) is 0 Å². The van der Waals surface area contributed by atoms with Crippen LogP contribution in [-0.4, -0.2) is 37.2 Å². The van der Waals surface area contributed by atoms with E-state index in [0.717, 1.165) is 122 Å². The number of carbonyl (C=O) groups excluding carboxylic acids is 3. The molecular weight excluding hydrogens is 817 g/mol. The lowest BCUT2D eigenvalue weighted by atomic mass is 10.1. The first-order chi connectivity index (χ1) is 32.5. The van der Waals surface area contributed by atoms with E-state index in [1.54, 1.807) is 0 Å². The quantitative estimate of drug-likeness (QED) is 0.0262. The Bertz CT molecular complexity index is 1330. The highest BCUT2D eigenvalue weighted by Gasteiger charge is 2.19. The number of carbonyl (C=O) groups is 3. The van der Waals surface area contributed by atoms with Gasteiger partial charge in [-0.25, -0.2) is 0 Å². The Labute approximate surface area is 407 Å². The molecule has 0 radical (unpaired) electrons. The molecule has 0 aromatic rings. The van der Waals surface area contributed by atoms with Crippen molar-refractivity contribution in [1.29, 1.82) is 0 Å². The van der Waals surface area contributed by atoms with Crippen LogP contribution in [0.3, 0.4) is 0 Å². The van der Waals surface area contributed by atoms with E-state index in [1.807, 2.05) is 0 Å². The van der Waals surface area contributed by atoms with Gasteiger partial charge in [0.1, 0.15) is 13.2 Å². The Balaban J connectivity index is 4.47. The van der Waals surface area contributed by atoms with Crippen molar-refractivity contribution >= 4 is 17.9 Å². The molecule has 0 N–H and O–H groups in total. The Morgan fingerprint density at radius 1 is 0.318 bits per heavy atom. The molecule has 66 heavy (non-hydrogen) atoms. The second kappa shape index (κ2) is 53.9. The van der Waals surface area contributed by atoms with Crippen molar-refractivity contribution in [2.75, 3.05) is 13.2 Å². The lowest BCUT2D eigenvalue weighted by molar-refractivity contribution is -0.167. The number of unbranched alkanes of at least 4 members (excludes halogenated alkanes) is 21. The second-order valence-corrected chi connectivity index (χ2v) is 17.7. The number of ether oxygens (including phenoxy) is 3. The molecule has 6 heteroatoms. The van der Waals surface area contributed by atoms with Crippen molar-refractivity contribution in [3.63, 3.8) is 0 Å². The van der Waals surface area contributed by atoms with E-state index in [-0.39, 0.29) is 31.1 Å². The third-order valence-electron chi connectivity index (χ3n) is 11.3. The summed E-state index contributed by atoms with van der Waals surface area (Å²) in [7, 11) is 0. The molecule has 0 saturated carbocycles. The topological polar surface area (TPSA) is 78.9 Å². The van der Waals surface area contributed by atoms with Gasteiger partial charge in [0.2, 0.25) is 0 Å². The summed E-state index contributed by atoms with van der Waals surface area (Å²) >= 11 is 0. The Kier molecular flexibility index (Phi) is 50.9. The predicted octanol–water partition coefficient (Wildman–Crippen LogP) is 18.1. The summed E-state index contributed by atoms with van der Waals surface area (Å²) in [4.78, 5) is 38.0. The minimum Gasteiger partial charge on any atom is -0.462 e. The number of rotatable bonds is 48. The van der Waals surface area contributed by atoms with Crippen molar-refractivity contribution in [2.24, 2.45) is 0 Å². The largest absolute Gasteiger partial charge is 0.462 e. The van der Waals surface area contributed by atoms with Gasteiger partial charge in [-0.2, -0.15) is 0 Å². The van der Waals surface area contributed by atoms with Gasteiger partial charge in [-0.15, -0.1) is 0 Å². The molecule has 0 heterocycles. The number of hydrogen-bond donors (Lipinski definition) is 0. The SMILES string of the molecule is CC/C=C\C/C=C\C/C=C\C/C=C\C/C=C\C/C=C\CCCCC(=O)OCC(COC(=O)CCCCCCC/C=C\CCCCC)OC(=O)CCCCCCC/C=C\CCCCCCCC. The van der Waals surface area contributed by atoms with E-state index in [2.05, 4.69) is 118 Å². The molecule has 0 amide bonds. The maximum absolute atomic E-state index is 12.8. The van der Waals surface area contributed by atoms with Crippen molar-refractivity contribution in [3.05, 3.63) is 97.2 Å². The summed E-state index contributed by atoms with van der Waals surface area (Å²) < 4.78 is 16.8. The van der Waals surface area contributed by atoms with Crippen molar-refractivity contribution in [3.8, 4) is 0 Å². The van der Waals surface area contributed by atoms with Crippen LogP contribution in [0.4, 0.5) is 0 Å². The second-order valence-electron chi connectivity index (χ2n) is 17.7. The fraction of sp³-hybridized carbons (Fsp3) is 0.683. The van der Waals surface area contributed by atoms with Crippen LogP contribution in [0.1, 0.15) is 245 Å². The molecule has 0 spiro atoms. The van der Waals surface area contributed by atoms with Crippen LogP contribution >= 0.6 is 0 Å². The molecular formula is C60H100O6. The number of hydrogen-bond acceptors (Lipinski definition) is 6. The molecule has 1 unspecified atom stereocenters. The molecule has 0 saturated heterocycles. The Morgan fingerprint density at radius 3 is 1.00 bits per heavy atom. The van der Waals surface area contributed by atoms with Crippen molar-refractivity contribution < 1.29 is 28.6 Å². The molecule has 376 valence electrons. The van der Waals surface area contributed by atoms with Gasteiger partial charge in [0, 0.05) is 19.3 Å². The molecule has 6 nitrogen and oxygen atoms in total. The van der Waals surface area contributed by atoms with E-state index in [0.29, 0.717) is 19.3 Å². The number of allylic oxidation sites excluding steroid dienone is 16. The standard InChI is InChI=1S/C60H100O6/c1-4-7-10-13-16-19-22-25-27-28-29-30-31-32-34-35-38-41-44-47-50-53-59(62)65-56-57(55-64-58(61)52-49-46-43-40-37-24-21-18-15-12-9-6-3)66-60(63)54-51-48-45-42-39-36-33-26-23-20-17-14-11-8-5-2/h7,10,16,18-19,21,25-27,29-30,32-34,38,41,57H,4-6,8-9,11-15,17,20,22-24,28,31,35-37,39-40,42-56H2,1-3H3/b10-7-,19-16-,21-18-,27-25-,30-29-,33-26-,34-32-,41-38-. The van der Waals surface area contributed by atoms with Crippen LogP contribution < -0.4 is 0 Å². The van der Waals surface area contributed by atoms with Crippen molar-refractivity contribution in [1.82, 2.24) is 0 Å². The zero-order valence-electron chi connectivity index (χ0n) is 42.9. The summed E-state index contributed by atoms with van der Waals surface area (Å²) in [5.74, 6) is -0.963. The van der Waals surface area contributed by atoms with Crippen LogP contribution in [0.25, 0.3) is 0 Å². The van der Waals surface area contributed by atoms with Gasteiger partial charge in [0.05, 0.1) is 0 Å². The summed E-state index contributed by atoms with van der Waals surface area (Å²) in [6.07, 6.45) is 71.1. The van der Waals surface area contributed by atoms with Gasteiger partial charge < -0.3 is 14.2 Å². The highest BCUT2D eigenvalue weighted by Crippen LogP contribution is 2.13. The van der Waals surface area contributed by atoms with E-state index in [9.17, 15) is 14.4 Å². The van der Waals surface area contributed by atoms with Gasteiger partial charge in [-0.05, 0) is 122 Å². The average molecular weight is 917 g/mol. The smallest absolute Gasteiger partial charge is 0.306 e. The molecule has 0 rings (SSSR count). The van der Waals surface area contributed by atoms with E-state index >= 15 is 0 Å². The van der Waals surface area contributed by atoms with Gasteiger partial charge in [-0.3, -0.25) is 14.4 Å². The number of esters is 3. The van der Waals surface area contributed by atoms with E-state index in [1.165, 1.54) is 83.5 Å². The molecule has 0 aromatic carbocycles. The lowest BCUT2D eigenvalue weighted by Gasteiger charge is -2.18. The minimum atomic E-state index is -0.803. The van der Waals surface area contributed by atoms with Gasteiger partial charge in [0.15, 0.2) is 6.10 Å². The third kappa shape index (κ3) is 51.3. The van der Waals surface area contributed by atoms with Crippen LogP contribution in [0.15, 0.2) is 97.2 Å². The van der Waals surface area contributed by atoms with Gasteiger partial charge in [0.25, 0.3) is 0 Å². The maximum atomic E-state index is 12.8. The van der Waals surface area contributed by atoms with E-state index < -0.39 is 6.10 Å². The highest BCUT2D eigenvalue weighted by atomic mass is 16.6. The monoisotopic (exact) mass is 917 g/mol. The summed E-state index contributed by atoms with van der Waals surface area (Å²) in [6.45, 7) is 6.44. The van der Waals surface area contributed by atoms with Crippen LogP contribution in [0.5, 0.6) is 0 Å². The van der Waals surface area contributed by atoms with Gasteiger partial charge >= 0.3 is 17.9 Å². The highest BCUT2D eigenvalue weighted by molar-refractivity contribution is 5.71. The van der Waals surface area contributed by atoms with Gasteiger partial charge in [-0.1, -0.05) is 201 Å². The fourth-order valence-corrected chi connectivity index (χ4v) is 7.20. The maximum Gasteiger partial charge on any atom is 0.306 e. The Hall–Kier alpha value is -3.67. The first kappa shape index (κ1) is 62.3. The molecule has 1 atom stereocenters. The van der Waals surface area contributed by atoms with Crippen LogP contribution in [-0.2, 0) is 28.6 Å². The zero-order chi connectivity index (χ0) is 47.9. The zero-order valence-corrected chi connectivity index (χ0v) is 42.9. The lowest BCUT2D eigenvalue weighted by Crippen LogP contribution is -2.30. The summed E-state index contributed by atoms with van der Waals surface area (Å²) in [6, 6.07) is 0. The molecule has 0 aliphatic rings. The summed E-state index contributed by atoms with van der Waals surface area (Å²) in [5.41, 5.74) is 0. The normalized spacial score (nSPS) is 12.8. The molecule has 0 aliphatic heterocycles.